The monoisotopic (exact) mass is 316 g/mol. The normalized spacial score (nSPS) is 10.2. The van der Waals surface area contributed by atoms with Crippen LogP contribution in [0.2, 0.25) is 0 Å². The maximum atomic E-state index is 13.0. The molecule has 2 aromatic rings. The predicted molar refractivity (Wildman–Crippen MR) is 88.2 cm³/mol. The predicted octanol–water partition coefficient (Wildman–Crippen LogP) is 3.05. The molecule has 0 atom stereocenters. The average molecular weight is 316 g/mol. The Kier molecular flexibility index (Phi) is 6.41. The summed E-state index contributed by atoms with van der Waals surface area (Å²) in [4.78, 5) is 11.6. The summed E-state index contributed by atoms with van der Waals surface area (Å²) < 4.78 is 18.5. The van der Waals surface area contributed by atoms with E-state index in [1.165, 1.54) is 12.1 Å². The summed E-state index contributed by atoms with van der Waals surface area (Å²) in [6, 6.07) is 13.9. The van der Waals surface area contributed by atoms with Crippen molar-refractivity contribution in [3.05, 3.63) is 65.5 Å². The third kappa shape index (κ3) is 6.38. The second-order valence-electron chi connectivity index (χ2n) is 5.23. The molecule has 122 valence electrons. The third-order valence-electron chi connectivity index (χ3n) is 3.23. The SMILES string of the molecule is Cc1cccc(OCCNC(=O)NCCc2cccc(F)c2)c1. The van der Waals surface area contributed by atoms with E-state index in [9.17, 15) is 9.18 Å². The molecule has 0 saturated carbocycles. The van der Waals surface area contributed by atoms with Crippen LogP contribution in [0, 0.1) is 12.7 Å². The Labute approximate surface area is 135 Å². The molecule has 0 aliphatic heterocycles. The molecule has 0 aromatic heterocycles. The molecule has 2 amide bonds. The number of amides is 2. The highest BCUT2D eigenvalue weighted by molar-refractivity contribution is 5.73. The van der Waals surface area contributed by atoms with Gasteiger partial charge in [-0.15, -0.1) is 0 Å². The molecule has 0 unspecified atom stereocenters. The van der Waals surface area contributed by atoms with Crippen molar-refractivity contribution in [2.45, 2.75) is 13.3 Å². The van der Waals surface area contributed by atoms with Crippen LogP contribution in [0.1, 0.15) is 11.1 Å². The number of urea groups is 1. The largest absolute Gasteiger partial charge is 0.492 e. The molecule has 23 heavy (non-hydrogen) atoms. The summed E-state index contributed by atoms with van der Waals surface area (Å²) in [6.07, 6.45) is 0.588. The minimum atomic E-state index is -0.264. The fourth-order valence-electron chi connectivity index (χ4n) is 2.11. The number of halogens is 1. The van der Waals surface area contributed by atoms with Crippen molar-refractivity contribution in [3.63, 3.8) is 0 Å². The van der Waals surface area contributed by atoms with Gasteiger partial charge in [0.2, 0.25) is 0 Å². The minimum Gasteiger partial charge on any atom is -0.492 e. The number of ether oxygens (including phenoxy) is 1. The number of hydrogen-bond donors (Lipinski definition) is 2. The first-order valence-corrected chi connectivity index (χ1v) is 7.59. The summed E-state index contributed by atoms with van der Waals surface area (Å²) in [5, 5.41) is 5.45. The lowest BCUT2D eigenvalue weighted by Crippen LogP contribution is -2.38. The molecule has 0 aliphatic carbocycles. The molecule has 2 rings (SSSR count). The van der Waals surface area contributed by atoms with Gasteiger partial charge in [0.05, 0.1) is 6.54 Å². The van der Waals surface area contributed by atoms with Crippen molar-refractivity contribution in [2.24, 2.45) is 0 Å². The van der Waals surface area contributed by atoms with Gasteiger partial charge < -0.3 is 15.4 Å². The highest BCUT2D eigenvalue weighted by Gasteiger charge is 2.01. The van der Waals surface area contributed by atoms with E-state index in [4.69, 9.17) is 4.74 Å². The Bertz CT molecular complexity index is 646. The van der Waals surface area contributed by atoms with E-state index in [1.807, 2.05) is 37.3 Å². The van der Waals surface area contributed by atoms with Crippen LogP contribution in [0.3, 0.4) is 0 Å². The first-order chi connectivity index (χ1) is 11.1. The van der Waals surface area contributed by atoms with E-state index in [0.29, 0.717) is 26.1 Å². The van der Waals surface area contributed by atoms with Crippen molar-refractivity contribution in [1.82, 2.24) is 10.6 Å². The van der Waals surface area contributed by atoms with Crippen LogP contribution in [-0.4, -0.2) is 25.7 Å². The van der Waals surface area contributed by atoms with Crippen molar-refractivity contribution >= 4 is 6.03 Å². The molecule has 0 heterocycles. The van der Waals surface area contributed by atoms with Gasteiger partial charge in [-0.05, 0) is 48.7 Å². The van der Waals surface area contributed by atoms with Crippen LogP contribution in [0.4, 0.5) is 9.18 Å². The summed E-state index contributed by atoms with van der Waals surface area (Å²) in [6.45, 7) is 3.27. The van der Waals surface area contributed by atoms with E-state index < -0.39 is 0 Å². The molecule has 0 saturated heterocycles. The number of rotatable bonds is 7. The second-order valence-corrected chi connectivity index (χ2v) is 5.23. The summed E-state index contributed by atoms with van der Waals surface area (Å²) in [5.41, 5.74) is 1.98. The summed E-state index contributed by atoms with van der Waals surface area (Å²) in [5.74, 6) is 0.526. The molecule has 4 nitrogen and oxygen atoms in total. The molecule has 2 N–H and O–H groups in total. The zero-order valence-electron chi connectivity index (χ0n) is 13.1. The second kappa shape index (κ2) is 8.78. The van der Waals surface area contributed by atoms with Gasteiger partial charge >= 0.3 is 6.03 Å². The van der Waals surface area contributed by atoms with E-state index in [2.05, 4.69) is 10.6 Å². The first-order valence-electron chi connectivity index (χ1n) is 7.59. The van der Waals surface area contributed by atoms with Crippen molar-refractivity contribution in [3.8, 4) is 5.75 Å². The van der Waals surface area contributed by atoms with E-state index >= 15 is 0 Å². The van der Waals surface area contributed by atoms with Crippen LogP contribution in [0.25, 0.3) is 0 Å². The highest BCUT2D eigenvalue weighted by atomic mass is 19.1. The Hall–Kier alpha value is -2.56. The lowest BCUT2D eigenvalue weighted by atomic mass is 10.1. The van der Waals surface area contributed by atoms with Gasteiger partial charge in [0.25, 0.3) is 0 Å². The van der Waals surface area contributed by atoms with E-state index in [-0.39, 0.29) is 11.8 Å². The molecule has 0 spiro atoms. The Morgan fingerprint density at radius 1 is 1.09 bits per heavy atom. The Morgan fingerprint density at radius 3 is 2.65 bits per heavy atom. The molecular formula is C18H21FN2O2. The van der Waals surface area contributed by atoms with Crippen LogP contribution >= 0.6 is 0 Å². The number of carbonyl (C=O) groups excluding carboxylic acids is 1. The Balaban J connectivity index is 1.58. The fourth-order valence-corrected chi connectivity index (χ4v) is 2.11. The summed E-state index contributed by atoms with van der Waals surface area (Å²) >= 11 is 0. The number of nitrogens with one attached hydrogen (secondary N) is 2. The molecule has 0 bridgehead atoms. The molecule has 2 aromatic carbocycles. The molecule has 0 radical (unpaired) electrons. The van der Waals surface area contributed by atoms with Gasteiger partial charge in [-0.25, -0.2) is 9.18 Å². The molecule has 0 aliphatic rings. The standard InChI is InChI=1S/C18H21FN2O2/c1-14-4-2-7-17(12-14)23-11-10-21-18(22)20-9-8-15-5-3-6-16(19)13-15/h2-7,12-13H,8-11H2,1H3,(H2,20,21,22). The third-order valence-corrected chi connectivity index (χ3v) is 3.23. The van der Waals surface area contributed by atoms with Gasteiger partial charge in [0.1, 0.15) is 18.2 Å². The van der Waals surface area contributed by atoms with E-state index in [1.54, 1.807) is 6.07 Å². The van der Waals surface area contributed by atoms with Crippen molar-refractivity contribution in [1.29, 1.82) is 0 Å². The number of carbonyl (C=O) groups is 1. The van der Waals surface area contributed by atoms with Gasteiger partial charge in [-0.3, -0.25) is 0 Å². The van der Waals surface area contributed by atoms with Crippen LogP contribution in [0.15, 0.2) is 48.5 Å². The number of aryl methyl sites for hydroxylation is 1. The van der Waals surface area contributed by atoms with Crippen LogP contribution in [0.5, 0.6) is 5.75 Å². The van der Waals surface area contributed by atoms with Gasteiger partial charge in [-0.2, -0.15) is 0 Å². The molecule has 5 heteroatoms. The first kappa shape index (κ1) is 16.8. The van der Waals surface area contributed by atoms with E-state index in [0.717, 1.165) is 16.9 Å². The molecule has 0 fully saturated rings. The van der Waals surface area contributed by atoms with Crippen LogP contribution in [-0.2, 0) is 6.42 Å². The molecular weight excluding hydrogens is 295 g/mol. The van der Waals surface area contributed by atoms with Crippen molar-refractivity contribution < 1.29 is 13.9 Å². The highest BCUT2D eigenvalue weighted by Crippen LogP contribution is 2.11. The van der Waals surface area contributed by atoms with Gasteiger partial charge in [-0.1, -0.05) is 24.3 Å². The lowest BCUT2D eigenvalue weighted by Gasteiger charge is -2.09. The number of hydrogen-bond acceptors (Lipinski definition) is 2. The fraction of sp³-hybridized carbons (Fsp3) is 0.278. The van der Waals surface area contributed by atoms with Crippen LogP contribution < -0.4 is 15.4 Å². The maximum absolute atomic E-state index is 13.0. The van der Waals surface area contributed by atoms with Gasteiger partial charge in [0, 0.05) is 6.54 Å². The zero-order chi connectivity index (χ0) is 16.5. The summed E-state index contributed by atoms with van der Waals surface area (Å²) in [7, 11) is 0. The minimum absolute atomic E-state index is 0.255. The maximum Gasteiger partial charge on any atom is 0.314 e. The Morgan fingerprint density at radius 2 is 1.87 bits per heavy atom. The number of benzene rings is 2. The quantitative estimate of drug-likeness (QED) is 0.771. The average Bonchev–Trinajstić information content (AvgIpc) is 2.52. The lowest BCUT2D eigenvalue weighted by molar-refractivity contribution is 0.236. The van der Waals surface area contributed by atoms with Crippen molar-refractivity contribution in [2.75, 3.05) is 19.7 Å². The topological polar surface area (TPSA) is 50.4 Å². The zero-order valence-corrected chi connectivity index (χ0v) is 13.1. The smallest absolute Gasteiger partial charge is 0.314 e. The van der Waals surface area contributed by atoms with Gasteiger partial charge in [0.15, 0.2) is 0 Å².